The number of methoxy groups -OCH3 is 1. The Morgan fingerprint density at radius 1 is 1.06 bits per heavy atom. The van der Waals surface area contributed by atoms with Gasteiger partial charge in [0.2, 0.25) is 0 Å². The van der Waals surface area contributed by atoms with Gasteiger partial charge in [-0.15, -0.1) is 0 Å². The summed E-state index contributed by atoms with van der Waals surface area (Å²) in [6.45, 7) is 3.20. The van der Waals surface area contributed by atoms with Crippen LogP contribution in [0.15, 0.2) is 48.0 Å². The Kier molecular flexibility index (Phi) is 5.72. The number of benzene rings is 2. The minimum atomic E-state index is -1.80. The zero-order valence-electron chi connectivity index (χ0n) is 19.6. The monoisotopic (exact) mass is 478 g/mol. The number of rotatable bonds is 6. The number of para-hydroxylation sites is 1. The molecule has 1 spiro atoms. The minimum absolute atomic E-state index is 0.000961. The Morgan fingerprint density at radius 2 is 1.80 bits per heavy atom. The van der Waals surface area contributed by atoms with Crippen LogP contribution < -0.4 is 14.4 Å². The van der Waals surface area contributed by atoms with Crippen LogP contribution in [0.25, 0.3) is 5.76 Å². The van der Waals surface area contributed by atoms with E-state index in [9.17, 15) is 19.5 Å². The fourth-order valence-electron chi connectivity index (χ4n) is 5.13. The number of likely N-dealkylation sites (tertiary alicyclic amines) is 1. The van der Waals surface area contributed by atoms with E-state index in [-0.39, 0.29) is 24.3 Å². The van der Waals surface area contributed by atoms with Crippen molar-refractivity contribution in [2.45, 2.75) is 18.9 Å². The average Bonchev–Trinajstić information content (AvgIpc) is 3.25. The van der Waals surface area contributed by atoms with E-state index in [4.69, 9.17) is 14.2 Å². The number of carbonyl (C=O) groups excluding carboxylic acids is 3. The van der Waals surface area contributed by atoms with E-state index in [0.717, 1.165) is 0 Å². The smallest absolute Gasteiger partial charge is 0.296 e. The molecule has 3 aliphatic heterocycles. The first-order valence-corrected chi connectivity index (χ1v) is 11.6. The summed E-state index contributed by atoms with van der Waals surface area (Å²) in [5.41, 5.74) is -0.719. The van der Waals surface area contributed by atoms with Crippen molar-refractivity contribution in [3.8, 4) is 11.5 Å². The van der Waals surface area contributed by atoms with Gasteiger partial charge in [0.25, 0.3) is 17.6 Å². The summed E-state index contributed by atoms with van der Waals surface area (Å²) in [6, 6.07) is 11.8. The topological polar surface area (TPSA) is 106 Å². The number of hydrogen-bond acceptors (Lipinski definition) is 7. The highest BCUT2D eigenvalue weighted by Gasteiger charge is 2.66. The summed E-state index contributed by atoms with van der Waals surface area (Å²) in [6.07, 6.45) is 0.670. The van der Waals surface area contributed by atoms with Crippen molar-refractivity contribution < 1.29 is 33.7 Å². The number of amides is 2. The third kappa shape index (κ3) is 3.22. The molecule has 35 heavy (non-hydrogen) atoms. The van der Waals surface area contributed by atoms with E-state index in [1.807, 2.05) is 6.92 Å². The highest BCUT2D eigenvalue weighted by atomic mass is 16.6. The van der Waals surface area contributed by atoms with Gasteiger partial charge in [-0.3, -0.25) is 14.4 Å². The van der Waals surface area contributed by atoms with Gasteiger partial charge in [-0.25, -0.2) is 0 Å². The van der Waals surface area contributed by atoms with Crippen molar-refractivity contribution in [3.05, 3.63) is 59.2 Å². The molecule has 1 saturated heterocycles. The molecular formula is C26H26N2O7. The first-order valence-electron chi connectivity index (χ1n) is 11.6. The number of hydrogen-bond donors (Lipinski definition) is 1. The zero-order chi connectivity index (χ0) is 24.7. The molecule has 2 amide bonds. The molecule has 0 aliphatic carbocycles. The van der Waals surface area contributed by atoms with E-state index in [0.29, 0.717) is 48.9 Å². The third-order valence-corrected chi connectivity index (χ3v) is 6.59. The van der Waals surface area contributed by atoms with Crippen LogP contribution in [0.4, 0.5) is 5.69 Å². The van der Waals surface area contributed by atoms with Crippen LogP contribution in [0.3, 0.4) is 0 Å². The van der Waals surface area contributed by atoms with Crippen molar-refractivity contribution in [1.82, 2.24) is 4.90 Å². The number of ketones is 1. The van der Waals surface area contributed by atoms with E-state index in [1.54, 1.807) is 47.4 Å². The molecule has 9 heteroatoms. The number of carbonyl (C=O) groups is 3. The Labute approximate surface area is 202 Å². The molecule has 0 bridgehead atoms. The average molecular weight is 479 g/mol. The molecule has 182 valence electrons. The lowest BCUT2D eigenvalue weighted by Crippen LogP contribution is -2.52. The largest absolute Gasteiger partial charge is 0.507 e. The van der Waals surface area contributed by atoms with E-state index in [1.165, 1.54) is 12.0 Å². The molecule has 2 aromatic rings. The molecule has 3 heterocycles. The van der Waals surface area contributed by atoms with Crippen LogP contribution in [0, 0.1) is 0 Å². The maximum atomic E-state index is 14.2. The lowest BCUT2D eigenvalue weighted by atomic mass is 9.82. The van der Waals surface area contributed by atoms with Gasteiger partial charge in [0.15, 0.2) is 17.0 Å². The van der Waals surface area contributed by atoms with Gasteiger partial charge in [-0.1, -0.05) is 25.1 Å². The molecule has 1 fully saturated rings. The molecular weight excluding hydrogens is 452 g/mol. The second-order valence-electron chi connectivity index (χ2n) is 8.55. The summed E-state index contributed by atoms with van der Waals surface area (Å²) < 4.78 is 16.4. The summed E-state index contributed by atoms with van der Waals surface area (Å²) in [4.78, 5) is 43.8. The Balaban J connectivity index is 1.78. The van der Waals surface area contributed by atoms with Crippen LogP contribution in [0.5, 0.6) is 11.5 Å². The predicted molar refractivity (Wildman–Crippen MR) is 126 cm³/mol. The van der Waals surface area contributed by atoms with Gasteiger partial charge < -0.3 is 29.1 Å². The number of ether oxygens (including phenoxy) is 3. The number of Topliss-reactive ketones (excluding diaryl/α,β-unsaturated/α-hetero) is 1. The van der Waals surface area contributed by atoms with Crippen LogP contribution in [0.1, 0.15) is 24.5 Å². The normalized spacial score (nSPS) is 22.3. The number of fused-ring (bicyclic) bond motifs is 3. The second-order valence-corrected chi connectivity index (χ2v) is 8.55. The summed E-state index contributed by atoms with van der Waals surface area (Å²) in [5.74, 6) is -1.75. The third-order valence-electron chi connectivity index (χ3n) is 6.59. The van der Waals surface area contributed by atoms with Gasteiger partial charge in [0.05, 0.1) is 17.9 Å². The van der Waals surface area contributed by atoms with Gasteiger partial charge >= 0.3 is 0 Å². The highest BCUT2D eigenvalue weighted by Crippen LogP contribution is 2.53. The summed E-state index contributed by atoms with van der Waals surface area (Å²) in [5, 5.41) is 11.5. The second kappa shape index (κ2) is 8.74. The van der Waals surface area contributed by atoms with Crippen molar-refractivity contribution in [3.63, 3.8) is 0 Å². The summed E-state index contributed by atoms with van der Waals surface area (Å²) in [7, 11) is 1.48. The minimum Gasteiger partial charge on any atom is -0.507 e. The van der Waals surface area contributed by atoms with Gasteiger partial charge in [-0.2, -0.15) is 0 Å². The maximum Gasteiger partial charge on any atom is 0.296 e. The van der Waals surface area contributed by atoms with E-state index in [2.05, 4.69) is 0 Å². The molecule has 1 atom stereocenters. The molecule has 1 N–H and O–H groups in total. The Hall–Kier alpha value is -3.85. The standard InChI is InChI=1S/C26H26N2O7/c1-3-10-27-18-7-5-4-6-17(18)26(25(27)32)21(23(30)24(31)28(26)11-12-33-2)22(29)16-8-9-19-20(15-16)35-14-13-34-19/h4-9,15,29H,3,10-14H2,1-2H3/t26-/m1/s1. The van der Waals surface area contributed by atoms with Crippen LogP contribution in [0.2, 0.25) is 0 Å². The molecule has 0 radical (unpaired) electrons. The van der Waals surface area contributed by atoms with Crippen molar-refractivity contribution in [2.75, 3.05) is 44.9 Å². The maximum absolute atomic E-state index is 14.2. The zero-order valence-corrected chi connectivity index (χ0v) is 19.6. The Bertz CT molecular complexity index is 1250. The van der Waals surface area contributed by atoms with Crippen LogP contribution >= 0.6 is 0 Å². The molecule has 5 rings (SSSR count). The molecule has 9 nitrogen and oxygen atoms in total. The SMILES string of the molecule is CCCN1C(=O)[C@]2(C(=C(O)c3ccc4c(c3)OCCO4)C(=O)C(=O)N2CCOC)c2ccccc21. The molecule has 0 aromatic heterocycles. The van der Waals surface area contributed by atoms with Gasteiger partial charge in [0, 0.05) is 31.3 Å². The number of anilines is 1. The fourth-order valence-corrected chi connectivity index (χ4v) is 5.13. The van der Waals surface area contributed by atoms with E-state index >= 15 is 0 Å². The number of aliphatic hydroxyl groups excluding tert-OH is 1. The Morgan fingerprint density at radius 3 is 2.54 bits per heavy atom. The highest BCUT2D eigenvalue weighted by molar-refractivity contribution is 6.50. The van der Waals surface area contributed by atoms with E-state index < -0.39 is 28.9 Å². The van der Waals surface area contributed by atoms with Crippen LogP contribution in [-0.4, -0.2) is 67.6 Å². The van der Waals surface area contributed by atoms with Crippen molar-refractivity contribution in [2.24, 2.45) is 0 Å². The fraction of sp³-hybridized carbons (Fsp3) is 0.346. The molecule has 3 aliphatic rings. The molecule has 0 unspecified atom stereocenters. The first-order chi connectivity index (χ1) is 17.0. The molecule has 2 aromatic carbocycles. The van der Waals surface area contributed by atoms with Crippen molar-refractivity contribution in [1.29, 1.82) is 0 Å². The van der Waals surface area contributed by atoms with Crippen molar-refractivity contribution >= 4 is 29.0 Å². The quantitative estimate of drug-likeness (QED) is 0.386. The number of nitrogens with zero attached hydrogens (tertiary/aromatic N) is 2. The predicted octanol–water partition coefficient (Wildman–Crippen LogP) is 2.44. The lowest BCUT2D eigenvalue weighted by molar-refractivity contribution is -0.144. The van der Waals surface area contributed by atoms with Crippen LogP contribution in [-0.2, 0) is 24.7 Å². The van der Waals surface area contributed by atoms with Gasteiger partial charge in [0.1, 0.15) is 19.0 Å². The first kappa shape index (κ1) is 22.9. The van der Waals surface area contributed by atoms with Gasteiger partial charge in [-0.05, 0) is 30.7 Å². The molecule has 0 saturated carbocycles. The lowest BCUT2D eigenvalue weighted by Gasteiger charge is -2.34. The summed E-state index contributed by atoms with van der Waals surface area (Å²) >= 11 is 0. The number of aliphatic hydroxyl groups is 1.